The number of aliphatic carboxylic acids is 1. The minimum absolute atomic E-state index is 0.0229. The van der Waals surface area contributed by atoms with Crippen molar-refractivity contribution in [2.24, 2.45) is 5.92 Å². The smallest absolute Gasteiger partial charge is 0.328 e. The van der Waals surface area contributed by atoms with Crippen molar-refractivity contribution < 1.29 is 78.9 Å². The van der Waals surface area contributed by atoms with Gasteiger partial charge in [0.25, 0.3) is 5.56 Å². The molecule has 36 heteroatoms. The molecule has 1 aromatic heterocycles. The molecular formula is C64H100N16O18S2. The highest BCUT2D eigenvalue weighted by Crippen LogP contribution is 2.26. The van der Waals surface area contributed by atoms with Gasteiger partial charge < -0.3 is 88.1 Å². The molecule has 2 aliphatic rings. The summed E-state index contributed by atoms with van der Waals surface area (Å²) >= 11 is 0. The lowest BCUT2D eigenvalue weighted by molar-refractivity contribution is -0.143. The number of aromatic nitrogens is 2. The third kappa shape index (κ3) is 28.0. The van der Waals surface area contributed by atoms with E-state index in [0.29, 0.717) is 43.7 Å². The normalized spacial score (nSPS) is 23.1. The molecule has 100 heavy (non-hydrogen) atoms. The number of likely N-dealkylation sites (N-methyl/N-ethyl adjacent to an activating group) is 2. The van der Waals surface area contributed by atoms with E-state index in [0.717, 1.165) is 20.3 Å². The number of likely N-dealkylation sites (tertiary alicyclic amines) is 1. The Balaban J connectivity index is 1.43. The van der Waals surface area contributed by atoms with Gasteiger partial charge in [0.2, 0.25) is 47.3 Å². The van der Waals surface area contributed by atoms with Gasteiger partial charge in [0, 0.05) is 81.5 Å². The molecule has 34 nitrogen and oxygen atoms in total. The summed E-state index contributed by atoms with van der Waals surface area (Å²) in [6, 6.07) is 0.775. The van der Waals surface area contributed by atoms with Crippen molar-refractivity contribution in [2.75, 3.05) is 91.0 Å². The Morgan fingerprint density at radius 2 is 1.36 bits per heavy atom. The van der Waals surface area contributed by atoms with E-state index in [1.807, 2.05) is 4.90 Å². The van der Waals surface area contributed by atoms with Gasteiger partial charge in [-0.3, -0.25) is 78.3 Å². The molecule has 0 aliphatic carbocycles. The number of carbonyl (C=O) groups is 9. The number of β-amino-alcohol motifs (C(OH)–C–C–N with tert-alkyl or cyclic N) is 1. The largest absolute Gasteiger partial charge is 0.508 e. The molecule has 5 rings (SSSR count). The van der Waals surface area contributed by atoms with Gasteiger partial charge in [0.05, 0.1) is 50.3 Å². The number of aromatic hydroxyl groups is 2. The molecule has 2 unspecified atom stereocenters. The summed E-state index contributed by atoms with van der Waals surface area (Å²) in [6.07, 6.45) is -6.67. The zero-order chi connectivity index (χ0) is 73.8. The highest BCUT2D eigenvalue weighted by atomic mass is 33.1. The van der Waals surface area contributed by atoms with Crippen molar-refractivity contribution in [3.8, 4) is 11.5 Å². The van der Waals surface area contributed by atoms with Crippen LogP contribution < -0.4 is 69.7 Å². The molecule has 8 amide bonds. The molecule has 3 heterocycles. The van der Waals surface area contributed by atoms with Crippen LogP contribution in [-0.4, -0.2) is 277 Å². The molecule has 0 bridgehead atoms. The van der Waals surface area contributed by atoms with Crippen molar-refractivity contribution in [2.45, 2.75) is 153 Å². The highest BCUT2D eigenvalue weighted by Gasteiger charge is 2.41. The number of aliphatic hydroxyl groups excluding tert-OH is 4. The lowest BCUT2D eigenvalue weighted by atomic mass is 10.0. The number of aromatic amines is 1. The molecule has 12 atom stereocenters. The number of nitrogens with one attached hydrogen (secondary N) is 12. The van der Waals surface area contributed by atoms with Gasteiger partial charge >= 0.3 is 11.7 Å². The fourth-order valence-electron chi connectivity index (χ4n) is 11.0. The number of carboxylic acids is 1. The summed E-state index contributed by atoms with van der Waals surface area (Å²) < 4.78 is 0.968. The van der Waals surface area contributed by atoms with Crippen LogP contribution >= 0.6 is 21.6 Å². The SMILES string of the molecule is CNCCN(CCNC)CC(=O)NCCN(CC(=O)N[C@@H](CC(C)C)C(=O)N1CCCC1C(=O)N[C@H]1CSSC[C@@H](C)NC(=O)[C@H](C(C)O)N[C@H](O)CNC(=O)[C@H](Cc2ccc(O)cc2)NC(=O)[C@H](Cc2ccc(O)cc2)N[C@@H](O)[C@H](CC(=O)O)N[C@@H]1O)C(=O)Cn1cc(C)c(=O)[nH]c1=O. The number of phenolic OH excluding ortho intramolecular Hbond substituents is 2. The summed E-state index contributed by atoms with van der Waals surface area (Å²) in [6.45, 7) is 8.22. The summed E-state index contributed by atoms with van der Waals surface area (Å²) in [4.78, 5) is 158. The van der Waals surface area contributed by atoms with Crippen LogP contribution in [0.4, 0.5) is 0 Å². The van der Waals surface area contributed by atoms with Gasteiger partial charge in [-0.2, -0.15) is 0 Å². The first-order chi connectivity index (χ1) is 47.4. The third-order valence-corrected chi connectivity index (χ3v) is 19.0. The van der Waals surface area contributed by atoms with Gasteiger partial charge in [0.15, 0.2) is 0 Å². The molecule has 2 fully saturated rings. The van der Waals surface area contributed by atoms with Crippen LogP contribution in [0.15, 0.2) is 64.3 Å². The van der Waals surface area contributed by atoms with E-state index in [1.54, 1.807) is 34.9 Å². The lowest BCUT2D eigenvalue weighted by Crippen LogP contribution is -2.63. The van der Waals surface area contributed by atoms with E-state index in [4.69, 9.17) is 0 Å². The maximum Gasteiger partial charge on any atom is 0.328 e. The number of aryl methyl sites for hydroxylation is 1. The Morgan fingerprint density at radius 3 is 1.96 bits per heavy atom. The Bertz CT molecular complexity index is 3290. The van der Waals surface area contributed by atoms with Crippen molar-refractivity contribution in [1.29, 1.82) is 0 Å². The number of amides is 8. The predicted octanol–water partition coefficient (Wildman–Crippen LogP) is -5.38. The van der Waals surface area contributed by atoms with E-state index in [1.165, 1.54) is 84.3 Å². The minimum atomic E-state index is -2.01. The van der Waals surface area contributed by atoms with Gasteiger partial charge in [-0.1, -0.05) is 59.7 Å². The number of benzene rings is 2. The Kier molecular flexibility index (Phi) is 34.7. The first-order valence-corrected chi connectivity index (χ1v) is 35.6. The van der Waals surface area contributed by atoms with Crippen LogP contribution in [0.2, 0.25) is 0 Å². The van der Waals surface area contributed by atoms with Gasteiger partial charge in [-0.15, -0.1) is 0 Å². The zero-order valence-electron chi connectivity index (χ0n) is 57.4. The Labute approximate surface area is 587 Å². The minimum Gasteiger partial charge on any atom is -0.508 e. The van der Waals surface area contributed by atoms with Crippen molar-refractivity contribution in [1.82, 2.24) is 82.7 Å². The summed E-state index contributed by atoms with van der Waals surface area (Å²) in [5, 5.41) is 107. The highest BCUT2D eigenvalue weighted by molar-refractivity contribution is 8.76. The Hall–Kier alpha value is -7.75. The van der Waals surface area contributed by atoms with Crippen LogP contribution in [0.3, 0.4) is 0 Å². The second kappa shape index (κ2) is 41.9. The molecule has 2 aromatic carbocycles. The molecule has 2 aliphatic heterocycles. The molecule has 0 saturated carbocycles. The van der Waals surface area contributed by atoms with E-state index in [9.17, 15) is 88.5 Å². The second-order valence-electron chi connectivity index (χ2n) is 25.3. The molecule has 2 saturated heterocycles. The summed E-state index contributed by atoms with van der Waals surface area (Å²) in [5.74, 6) is -7.81. The van der Waals surface area contributed by atoms with Crippen LogP contribution in [-0.2, 0) is 62.5 Å². The number of carbonyl (C=O) groups excluding carboxylic acids is 8. The number of aliphatic hydroxyl groups is 4. The Morgan fingerprint density at radius 1 is 0.740 bits per heavy atom. The predicted molar refractivity (Wildman–Crippen MR) is 372 cm³/mol. The molecular weight excluding hydrogens is 1340 g/mol. The second-order valence-corrected chi connectivity index (χ2v) is 27.9. The number of hydrogen-bond acceptors (Lipinski definition) is 25. The van der Waals surface area contributed by atoms with Gasteiger partial charge in [0.1, 0.15) is 60.9 Å². The average molecular weight is 1450 g/mol. The first kappa shape index (κ1) is 82.9. The van der Waals surface area contributed by atoms with Gasteiger partial charge in [-0.05, 0) is 102 Å². The number of hydrogen-bond donors (Lipinski definition) is 19. The van der Waals surface area contributed by atoms with E-state index in [-0.39, 0.29) is 92.3 Å². The standard InChI is InChI=1S/C64H100N16O18S2/c1-36(2)25-47(70-52(86)32-78(53(87)33-79-30-37(3)56(90)76-64(79)98)24-20-67-51(85)31-77(22-18-65-6)23-19-66-7)63(97)80-21-8-9-49(80)61(95)74-48-35-100-99-34-38(4)69-62(96)55(39(5)81)75-50(84)29-68-57(91)44(26-40-10-14-42(82)15-11-40)71-58(92)45(27-41-12-16-43(83)17-13-41)72-59(93)46(28-54(88)89)73-60(48)94/h10-17,30,36,38-39,44-50,55,59-60,65-66,72-73,75,81-84,93-94H,8-9,18-29,31-35H2,1-7H3,(H,67,85)(H,68,91)(H,69,96)(H,70,86)(H,71,92)(H,74,95)(H,88,89)(H,76,90,98)/t38-,39?,44+,45+,46+,47+,48+,49?,50-,55+,59+,60-/m1/s1. The maximum absolute atomic E-state index is 14.9. The molecule has 556 valence electrons. The number of phenols is 2. The van der Waals surface area contributed by atoms with Crippen LogP contribution in [0.5, 0.6) is 11.5 Å². The third-order valence-electron chi connectivity index (χ3n) is 16.4. The lowest BCUT2D eigenvalue weighted by Gasteiger charge is -2.34. The van der Waals surface area contributed by atoms with Crippen LogP contribution in [0, 0.1) is 12.8 Å². The molecule has 19 N–H and O–H groups in total. The quantitative estimate of drug-likeness (QED) is 0.0302. The molecule has 0 spiro atoms. The number of H-pyrrole nitrogens is 1. The fraction of sp³-hybridized carbons (Fsp3) is 0.609. The summed E-state index contributed by atoms with van der Waals surface area (Å²) in [7, 11) is 5.85. The van der Waals surface area contributed by atoms with E-state index >= 15 is 0 Å². The van der Waals surface area contributed by atoms with E-state index in [2.05, 4.69) is 63.5 Å². The number of rotatable bonds is 28. The van der Waals surface area contributed by atoms with Gasteiger partial charge in [-0.25, -0.2) is 4.79 Å². The number of nitrogens with zero attached hydrogens (tertiary/aromatic N) is 4. The maximum atomic E-state index is 14.9. The monoisotopic (exact) mass is 1440 g/mol. The van der Waals surface area contributed by atoms with Crippen LogP contribution in [0.25, 0.3) is 0 Å². The van der Waals surface area contributed by atoms with Crippen LogP contribution in [0.1, 0.15) is 70.1 Å². The topological polar surface area (TPSA) is 492 Å². The summed E-state index contributed by atoms with van der Waals surface area (Å²) in [5.41, 5.74) is -0.549. The zero-order valence-corrected chi connectivity index (χ0v) is 59.0. The van der Waals surface area contributed by atoms with E-state index < -0.39 is 158 Å². The first-order valence-electron chi connectivity index (χ1n) is 33.1. The molecule has 0 radical (unpaired) electrons. The fourth-order valence-corrected chi connectivity index (χ4v) is 13.5. The molecule has 3 aromatic rings. The van der Waals surface area contributed by atoms with Crippen molar-refractivity contribution in [3.63, 3.8) is 0 Å². The average Bonchev–Trinajstić information content (AvgIpc) is 1.56. The van der Waals surface area contributed by atoms with Crippen molar-refractivity contribution >= 4 is 74.8 Å². The number of carboxylic acid groups (broad SMARTS) is 1. The van der Waals surface area contributed by atoms with Crippen molar-refractivity contribution in [3.05, 3.63) is 92.3 Å².